The van der Waals surface area contributed by atoms with Gasteiger partial charge in [0.05, 0.1) is 12.3 Å². The number of aromatic amines is 1. The van der Waals surface area contributed by atoms with Gasteiger partial charge in [0.25, 0.3) is 0 Å². The van der Waals surface area contributed by atoms with E-state index in [1.54, 1.807) is 0 Å². The Kier molecular flexibility index (Phi) is 3.87. The fraction of sp³-hybridized carbons (Fsp3) is 0.600. The van der Waals surface area contributed by atoms with Crippen LogP contribution in [-0.4, -0.2) is 33.0 Å². The Labute approximate surface area is 119 Å². The van der Waals surface area contributed by atoms with E-state index in [1.807, 2.05) is 6.20 Å². The summed E-state index contributed by atoms with van der Waals surface area (Å²) in [6.07, 6.45) is 7.26. The van der Waals surface area contributed by atoms with Crippen LogP contribution in [0.2, 0.25) is 0 Å². The highest BCUT2D eigenvalue weighted by Crippen LogP contribution is 2.24. The Balaban J connectivity index is 1.60. The second-order valence-corrected chi connectivity index (χ2v) is 5.56. The Morgan fingerprint density at radius 1 is 1.45 bits per heavy atom. The molecule has 0 saturated carbocycles. The van der Waals surface area contributed by atoms with Gasteiger partial charge in [0.2, 0.25) is 0 Å². The van der Waals surface area contributed by atoms with E-state index in [9.17, 15) is 0 Å². The van der Waals surface area contributed by atoms with E-state index in [0.717, 1.165) is 44.7 Å². The van der Waals surface area contributed by atoms with E-state index >= 15 is 0 Å². The third kappa shape index (κ3) is 2.63. The van der Waals surface area contributed by atoms with Crippen molar-refractivity contribution >= 4 is 0 Å². The third-order valence-corrected chi connectivity index (χ3v) is 4.15. The van der Waals surface area contributed by atoms with Gasteiger partial charge in [0.1, 0.15) is 5.82 Å². The molecule has 2 aromatic rings. The lowest BCUT2D eigenvalue weighted by Gasteiger charge is -2.11. The van der Waals surface area contributed by atoms with Gasteiger partial charge >= 0.3 is 0 Å². The number of nitrogens with one attached hydrogen (secondary N) is 1. The summed E-state index contributed by atoms with van der Waals surface area (Å²) in [6, 6.07) is 0. The highest BCUT2D eigenvalue weighted by molar-refractivity contribution is 5.23. The van der Waals surface area contributed by atoms with Gasteiger partial charge in [-0.1, -0.05) is 0 Å². The topological polar surface area (TPSA) is 55.7 Å². The van der Waals surface area contributed by atoms with Crippen LogP contribution in [0.25, 0.3) is 0 Å². The molecule has 1 aliphatic rings. The summed E-state index contributed by atoms with van der Waals surface area (Å²) in [6.45, 7) is 6.85. The first-order valence-electron chi connectivity index (χ1n) is 7.35. The van der Waals surface area contributed by atoms with E-state index in [1.165, 1.54) is 17.1 Å². The number of H-pyrrole nitrogens is 1. The van der Waals surface area contributed by atoms with Crippen molar-refractivity contribution in [3.63, 3.8) is 0 Å². The maximum absolute atomic E-state index is 5.46. The summed E-state index contributed by atoms with van der Waals surface area (Å²) < 4.78 is 7.75. The third-order valence-electron chi connectivity index (χ3n) is 4.15. The number of hydrogen-bond acceptors (Lipinski definition) is 3. The Morgan fingerprint density at radius 3 is 3.05 bits per heavy atom. The molecule has 2 aromatic heterocycles. The lowest BCUT2D eigenvalue weighted by molar-refractivity contribution is 0.192. The van der Waals surface area contributed by atoms with Gasteiger partial charge in [0, 0.05) is 37.2 Å². The molecule has 1 fully saturated rings. The average Bonchev–Trinajstić information content (AvgIpc) is 3.14. The number of imidazole rings is 1. The first-order chi connectivity index (χ1) is 9.75. The number of nitrogens with zero attached hydrogens (tertiary/aromatic N) is 3. The van der Waals surface area contributed by atoms with Gasteiger partial charge in [-0.15, -0.1) is 0 Å². The fourth-order valence-electron chi connectivity index (χ4n) is 2.98. The molecule has 1 atom stereocenters. The maximum Gasteiger partial charge on any atom is 0.114 e. The van der Waals surface area contributed by atoms with E-state index < -0.39 is 0 Å². The number of hydrogen-bond donors (Lipinski definition) is 1. The summed E-state index contributed by atoms with van der Waals surface area (Å²) in [7, 11) is 0. The Hall–Kier alpha value is -1.62. The molecule has 0 radical (unpaired) electrons. The van der Waals surface area contributed by atoms with E-state index in [4.69, 9.17) is 4.74 Å². The minimum atomic E-state index is 0.474. The molecule has 0 spiro atoms. The predicted octanol–water partition coefficient (Wildman–Crippen LogP) is 2.36. The molecular formula is C15H22N4O. The van der Waals surface area contributed by atoms with Crippen molar-refractivity contribution in [2.45, 2.75) is 45.6 Å². The first-order valence-corrected chi connectivity index (χ1v) is 7.35. The van der Waals surface area contributed by atoms with Gasteiger partial charge < -0.3 is 9.30 Å². The van der Waals surface area contributed by atoms with Crippen LogP contribution in [0.4, 0.5) is 0 Å². The number of aryl methyl sites for hydroxylation is 3. The summed E-state index contributed by atoms with van der Waals surface area (Å²) in [5.41, 5.74) is 3.67. The molecule has 3 rings (SSSR count). The van der Waals surface area contributed by atoms with Gasteiger partial charge in [0.15, 0.2) is 0 Å². The normalized spacial score (nSPS) is 18.8. The zero-order valence-corrected chi connectivity index (χ0v) is 12.2. The lowest BCUT2D eigenvalue weighted by Crippen LogP contribution is -2.09. The van der Waals surface area contributed by atoms with Crippen LogP contribution in [0.15, 0.2) is 12.4 Å². The molecule has 0 aliphatic carbocycles. The minimum Gasteiger partial charge on any atom is -0.381 e. The Bertz CT molecular complexity index is 547. The Morgan fingerprint density at radius 2 is 2.35 bits per heavy atom. The smallest absolute Gasteiger partial charge is 0.114 e. The van der Waals surface area contributed by atoms with E-state index in [-0.39, 0.29) is 0 Å². The molecular weight excluding hydrogens is 252 g/mol. The monoisotopic (exact) mass is 274 g/mol. The molecule has 1 N–H and O–H groups in total. The van der Waals surface area contributed by atoms with Gasteiger partial charge in [-0.3, -0.25) is 5.10 Å². The molecule has 5 heteroatoms. The van der Waals surface area contributed by atoms with Crippen LogP contribution in [0.3, 0.4) is 0 Å². The van der Waals surface area contributed by atoms with Crippen molar-refractivity contribution in [2.75, 3.05) is 13.2 Å². The second-order valence-electron chi connectivity index (χ2n) is 5.56. The van der Waals surface area contributed by atoms with Gasteiger partial charge in [-0.2, -0.15) is 5.10 Å². The van der Waals surface area contributed by atoms with Gasteiger partial charge in [-0.25, -0.2) is 4.98 Å². The molecule has 1 saturated heterocycles. The first kappa shape index (κ1) is 13.4. The van der Waals surface area contributed by atoms with Crippen molar-refractivity contribution < 1.29 is 4.74 Å². The highest BCUT2D eigenvalue weighted by Gasteiger charge is 2.21. The standard InChI is InChI=1S/C15H22N4O/c1-11-14(12(2)18-17-11)4-3-7-19-8-6-16-15(19)13-5-9-20-10-13/h6,8,13H,3-5,7,9-10H2,1-2H3,(H,17,18). The summed E-state index contributed by atoms with van der Waals surface area (Å²) in [5, 5.41) is 7.30. The van der Waals surface area contributed by atoms with Crippen LogP contribution >= 0.6 is 0 Å². The van der Waals surface area contributed by atoms with Crippen molar-refractivity contribution in [3.05, 3.63) is 35.2 Å². The predicted molar refractivity (Wildman–Crippen MR) is 76.8 cm³/mol. The molecule has 0 bridgehead atoms. The van der Waals surface area contributed by atoms with Crippen molar-refractivity contribution in [3.8, 4) is 0 Å². The zero-order valence-electron chi connectivity index (χ0n) is 12.2. The van der Waals surface area contributed by atoms with Crippen LogP contribution in [-0.2, 0) is 17.7 Å². The molecule has 20 heavy (non-hydrogen) atoms. The average molecular weight is 274 g/mol. The molecule has 1 unspecified atom stereocenters. The summed E-state index contributed by atoms with van der Waals surface area (Å²) >= 11 is 0. The number of ether oxygens (including phenoxy) is 1. The molecule has 3 heterocycles. The second kappa shape index (κ2) is 5.79. The highest BCUT2D eigenvalue weighted by atomic mass is 16.5. The minimum absolute atomic E-state index is 0.474. The van der Waals surface area contributed by atoms with Crippen molar-refractivity contribution in [1.82, 2.24) is 19.7 Å². The summed E-state index contributed by atoms with van der Waals surface area (Å²) in [5.74, 6) is 1.66. The quantitative estimate of drug-likeness (QED) is 0.910. The lowest BCUT2D eigenvalue weighted by atomic mass is 10.1. The summed E-state index contributed by atoms with van der Waals surface area (Å²) in [4.78, 5) is 4.51. The van der Waals surface area contributed by atoms with Crippen LogP contribution in [0, 0.1) is 13.8 Å². The molecule has 0 amide bonds. The SMILES string of the molecule is Cc1n[nH]c(C)c1CCCn1ccnc1C1CCOC1. The van der Waals surface area contributed by atoms with Crippen LogP contribution < -0.4 is 0 Å². The molecule has 108 valence electrons. The zero-order chi connectivity index (χ0) is 13.9. The largest absolute Gasteiger partial charge is 0.381 e. The molecule has 1 aliphatic heterocycles. The molecule has 0 aromatic carbocycles. The van der Waals surface area contributed by atoms with Crippen LogP contribution in [0.1, 0.15) is 41.5 Å². The van der Waals surface area contributed by atoms with Crippen molar-refractivity contribution in [2.24, 2.45) is 0 Å². The van der Waals surface area contributed by atoms with Crippen molar-refractivity contribution in [1.29, 1.82) is 0 Å². The van der Waals surface area contributed by atoms with Gasteiger partial charge in [-0.05, 0) is 38.7 Å². The van der Waals surface area contributed by atoms with E-state index in [2.05, 4.69) is 39.8 Å². The maximum atomic E-state index is 5.46. The van der Waals surface area contributed by atoms with E-state index in [0.29, 0.717) is 5.92 Å². The number of rotatable bonds is 5. The van der Waals surface area contributed by atoms with Crippen LogP contribution in [0.5, 0.6) is 0 Å². The number of aromatic nitrogens is 4. The molecule has 5 nitrogen and oxygen atoms in total. The fourth-order valence-corrected chi connectivity index (χ4v) is 2.98.